The van der Waals surface area contributed by atoms with Crippen molar-refractivity contribution >= 4 is 16.7 Å². The highest BCUT2D eigenvalue weighted by Gasteiger charge is 2.21. The number of pyridine rings is 1. The summed E-state index contributed by atoms with van der Waals surface area (Å²) in [6.45, 7) is 1.92. The summed E-state index contributed by atoms with van der Waals surface area (Å²) in [6.07, 6.45) is 5.79. The van der Waals surface area contributed by atoms with Crippen molar-refractivity contribution in [3.05, 3.63) is 66.7 Å². The van der Waals surface area contributed by atoms with Crippen LogP contribution in [0.25, 0.3) is 33.4 Å². The van der Waals surface area contributed by atoms with Crippen LogP contribution in [0.3, 0.4) is 0 Å². The lowest BCUT2D eigenvalue weighted by molar-refractivity contribution is 0.419. The fraction of sp³-hybridized carbons (Fsp3) is 0.208. The van der Waals surface area contributed by atoms with Gasteiger partial charge >= 0.3 is 0 Å². The SMILES string of the molecule is COc1cc(-c2ccc(F)cc2)cc2c(N3CCCC3)nc(-c3cccnc3)nc12. The average Bonchev–Trinajstić information content (AvgIpc) is 3.33. The molecule has 2 aromatic carbocycles. The number of benzene rings is 2. The highest BCUT2D eigenvalue weighted by Crippen LogP contribution is 2.37. The first-order valence-electron chi connectivity index (χ1n) is 10.0. The van der Waals surface area contributed by atoms with Gasteiger partial charge in [0.25, 0.3) is 0 Å². The summed E-state index contributed by atoms with van der Waals surface area (Å²) in [6, 6.07) is 14.3. The zero-order valence-electron chi connectivity index (χ0n) is 16.7. The van der Waals surface area contributed by atoms with Crippen LogP contribution in [0.1, 0.15) is 12.8 Å². The number of halogens is 1. The van der Waals surface area contributed by atoms with Gasteiger partial charge in [-0.25, -0.2) is 14.4 Å². The first-order valence-corrected chi connectivity index (χ1v) is 10.0. The average molecular weight is 400 g/mol. The summed E-state index contributed by atoms with van der Waals surface area (Å²) in [5, 5.41) is 0.934. The molecule has 0 bridgehead atoms. The van der Waals surface area contributed by atoms with Crippen molar-refractivity contribution in [2.24, 2.45) is 0 Å². The molecule has 0 radical (unpaired) electrons. The molecule has 0 spiro atoms. The van der Waals surface area contributed by atoms with Crippen LogP contribution in [-0.2, 0) is 0 Å². The third-order valence-electron chi connectivity index (χ3n) is 5.47. The Bertz CT molecular complexity index is 1190. The Kier molecular flexibility index (Phi) is 4.75. The van der Waals surface area contributed by atoms with Crippen LogP contribution in [-0.4, -0.2) is 35.2 Å². The summed E-state index contributed by atoms with van der Waals surface area (Å²) >= 11 is 0. The molecule has 2 aromatic heterocycles. The molecule has 6 heteroatoms. The largest absolute Gasteiger partial charge is 0.494 e. The fourth-order valence-corrected chi connectivity index (χ4v) is 3.94. The lowest BCUT2D eigenvalue weighted by Crippen LogP contribution is -2.20. The highest BCUT2D eigenvalue weighted by molar-refractivity contribution is 5.98. The van der Waals surface area contributed by atoms with Crippen molar-refractivity contribution in [3.8, 4) is 28.3 Å². The number of ether oxygens (including phenoxy) is 1. The van der Waals surface area contributed by atoms with E-state index >= 15 is 0 Å². The third kappa shape index (κ3) is 3.34. The van der Waals surface area contributed by atoms with E-state index < -0.39 is 0 Å². The zero-order chi connectivity index (χ0) is 20.5. The Labute approximate surface area is 174 Å². The number of aromatic nitrogens is 3. The quantitative estimate of drug-likeness (QED) is 0.477. The van der Waals surface area contributed by atoms with Crippen molar-refractivity contribution in [1.82, 2.24) is 15.0 Å². The summed E-state index contributed by atoms with van der Waals surface area (Å²) in [5.41, 5.74) is 3.49. The van der Waals surface area contributed by atoms with Crippen molar-refractivity contribution in [1.29, 1.82) is 0 Å². The topological polar surface area (TPSA) is 51.1 Å². The van der Waals surface area contributed by atoms with Crippen molar-refractivity contribution in [3.63, 3.8) is 0 Å². The first kappa shape index (κ1) is 18.5. The number of hydrogen-bond donors (Lipinski definition) is 0. The van der Waals surface area contributed by atoms with Gasteiger partial charge in [0.1, 0.15) is 22.9 Å². The van der Waals surface area contributed by atoms with Gasteiger partial charge in [-0.05, 0) is 60.4 Å². The van der Waals surface area contributed by atoms with Crippen LogP contribution in [0.4, 0.5) is 10.2 Å². The van der Waals surface area contributed by atoms with E-state index in [0.717, 1.165) is 59.3 Å². The second-order valence-electron chi connectivity index (χ2n) is 7.39. The fourth-order valence-electron chi connectivity index (χ4n) is 3.94. The summed E-state index contributed by atoms with van der Waals surface area (Å²) in [5.74, 6) is 1.94. The number of hydrogen-bond acceptors (Lipinski definition) is 5. The van der Waals surface area contributed by atoms with Gasteiger partial charge in [0, 0.05) is 36.4 Å². The third-order valence-corrected chi connectivity index (χ3v) is 5.47. The van der Waals surface area contributed by atoms with E-state index in [0.29, 0.717) is 11.6 Å². The van der Waals surface area contributed by atoms with Gasteiger partial charge in [0.15, 0.2) is 5.82 Å². The summed E-state index contributed by atoms with van der Waals surface area (Å²) in [7, 11) is 1.64. The van der Waals surface area contributed by atoms with Gasteiger partial charge in [-0.1, -0.05) is 12.1 Å². The first-order chi connectivity index (χ1) is 14.7. The summed E-state index contributed by atoms with van der Waals surface area (Å²) < 4.78 is 19.1. The van der Waals surface area contributed by atoms with E-state index in [1.54, 1.807) is 31.6 Å². The molecule has 0 atom stereocenters. The predicted molar refractivity (Wildman–Crippen MR) is 116 cm³/mol. The molecule has 1 aliphatic rings. The molecule has 0 N–H and O–H groups in total. The van der Waals surface area contributed by atoms with Gasteiger partial charge in [0.2, 0.25) is 0 Å². The van der Waals surface area contributed by atoms with Crippen LogP contribution in [0.15, 0.2) is 60.9 Å². The monoisotopic (exact) mass is 400 g/mol. The number of rotatable bonds is 4. The van der Waals surface area contributed by atoms with E-state index in [9.17, 15) is 4.39 Å². The molecule has 0 amide bonds. The van der Waals surface area contributed by atoms with E-state index in [2.05, 4.69) is 16.0 Å². The van der Waals surface area contributed by atoms with Gasteiger partial charge in [-0.2, -0.15) is 0 Å². The van der Waals surface area contributed by atoms with Gasteiger partial charge in [-0.15, -0.1) is 0 Å². The maximum absolute atomic E-state index is 13.4. The molecule has 0 aliphatic carbocycles. The lowest BCUT2D eigenvalue weighted by Gasteiger charge is -2.21. The smallest absolute Gasteiger partial charge is 0.163 e. The van der Waals surface area contributed by atoms with Crippen molar-refractivity contribution in [2.75, 3.05) is 25.1 Å². The Balaban J connectivity index is 1.77. The molecular weight excluding hydrogens is 379 g/mol. The molecule has 1 fully saturated rings. The minimum Gasteiger partial charge on any atom is -0.494 e. The normalized spacial score (nSPS) is 13.7. The van der Waals surface area contributed by atoms with Gasteiger partial charge in [0.05, 0.1) is 7.11 Å². The molecule has 0 saturated carbocycles. The molecule has 5 nitrogen and oxygen atoms in total. The van der Waals surface area contributed by atoms with Crippen molar-refractivity contribution in [2.45, 2.75) is 12.8 Å². The minimum atomic E-state index is -0.256. The van der Waals surface area contributed by atoms with Crippen LogP contribution >= 0.6 is 0 Å². The lowest BCUT2D eigenvalue weighted by atomic mass is 10.0. The van der Waals surface area contributed by atoms with Crippen LogP contribution in [0.5, 0.6) is 5.75 Å². The second kappa shape index (κ2) is 7.71. The number of methoxy groups -OCH3 is 1. The van der Waals surface area contributed by atoms with Gasteiger partial charge < -0.3 is 9.64 Å². The Morgan fingerprint density at radius 3 is 2.43 bits per heavy atom. The van der Waals surface area contributed by atoms with Crippen molar-refractivity contribution < 1.29 is 9.13 Å². The van der Waals surface area contributed by atoms with Crippen LogP contribution in [0, 0.1) is 5.82 Å². The Morgan fingerprint density at radius 1 is 0.933 bits per heavy atom. The maximum atomic E-state index is 13.4. The number of nitrogens with zero attached hydrogens (tertiary/aromatic N) is 4. The molecular formula is C24H21FN4O. The molecule has 150 valence electrons. The molecule has 5 rings (SSSR count). The minimum absolute atomic E-state index is 0.256. The van der Waals surface area contributed by atoms with E-state index in [-0.39, 0.29) is 5.82 Å². The van der Waals surface area contributed by atoms with E-state index in [4.69, 9.17) is 14.7 Å². The van der Waals surface area contributed by atoms with E-state index in [1.165, 1.54) is 12.1 Å². The predicted octanol–water partition coefficient (Wildman–Crippen LogP) is 5.11. The summed E-state index contributed by atoms with van der Waals surface area (Å²) in [4.78, 5) is 16.3. The molecule has 0 unspecified atom stereocenters. The van der Waals surface area contributed by atoms with E-state index in [1.807, 2.05) is 18.2 Å². The number of anilines is 1. The Morgan fingerprint density at radius 2 is 1.73 bits per heavy atom. The second-order valence-corrected chi connectivity index (χ2v) is 7.39. The van der Waals surface area contributed by atoms with Gasteiger partial charge in [-0.3, -0.25) is 4.98 Å². The zero-order valence-corrected chi connectivity index (χ0v) is 16.7. The number of fused-ring (bicyclic) bond motifs is 1. The van der Waals surface area contributed by atoms with Crippen LogP contribution < -0.4 is 9.64 Å². The molecule has 1 saturated heterocycles. The molecule has 3 heterocycles. The maximum Gasteiger partial charge on any atom is 0.163 e. The molecule has 4 aromatic rings. The Hall–Kier alpha value is -3.54. The van der Waals surface area contributed by atoms with Crippen LogP contribution in [0.2, 0.25) is 0 Å². The highest BCUT2D eigenvalue weighted by atomic mass is 19.1. The molecule has 1 aliphatic heterocycles. The molecule has 30 heavy (non-hydrogen) atoms. The standard InChI is InChI=1S/C24H21FN4O/c1-30-21-14-18(16-6-8-19(25)9-7-16)13-20-22(21)27-23(17-5-4-10-26-15-17)28-24(20)29-11-2-3-12-29/h4-10,13-15H,2-3,11-12H2,1H3.